The Hall–Kier alpha value is -1.88. The van der Waals surface area contributed by atoms with E-state index in [0.29, 0.717) is 5.11 Å². The summed E-state index contributed by atoms with van der Waals surface area (Å²) in [5, 5.41) is 11.5. The molecule has 0 saturated carbocycles. The molecule has 0 aliphatic carbocycles. The van der Waals surface area contributed by atoms with E-state index >= 15 is 0 Å². The zero-order chi connectivity index (χ0) is 14.7. The van der Waals surface area contributed by atoms with Crippen molar-refractivity contribution in [3.8, 4) is 0 Å². The Labute approximate surface area is 125 Å². The highest BCUT2D eigenvalue weighted by atomic mass is 32.1. The van der Waals surface area contributed by atoms with Gasteiger partial charge in [0.15, 0.2) is 5.11 Å². The smallest absolute Gasteiger partial charge is 0.175 e. The van der Waals surface area contributed by atoms with Gasteiger partial charge in [0.1, 0.15) is 0 Å². The zero-order valence-corrected chi connectivity index (χ0v) is 13.1. The van der Waals surface area contributed by atoms with Crippen molar-refractivity contribution in [3.63, 3.8) is 0 Å². The molecule has 0 amide bonds. The van der Waals surface area contributed by atoms with Crippen molar-refractivity contribution in [3.05, 3.63) is 41.2 Å². The lowest BCUT2D eigenvalue weighted by Gasteiger charge is -2.12. The van der Waals surface area contributed by atoms with E-state index in [9.17, 15) is 0 Å². The van der Waals surface area contributed by atoms with Gasteiger partial charge in [-0.15, -0.1) is 0 Å². The first-order valence-corrected chi connectivity index (χ1v) is 7.11. The van der Waals surface area contributed by atoms with Gasteiger partial charge in [-0.25, -0.2) is 0 Å². The third-order valence-corrected chi connectivity index (χ3v) is 3.52. The van der Waals surface area contributed by atoms with E-state index in [1.807, 2.05) is 36.7 Å². The molecule has 0 radical (unpaired) electrons. The highest BCUT2D eigenvalue weighted by Gasteiger charge is 2.11. The number of hydrogen-bond donors (Lipinski definition) is 2. The standard InChI is InChI=1S/C15H20N4S/c1-5-19-12(4)14(11(3)18-19)17-15(20)16-13-9-7-6-8-10(13)2/h6-9H,5H2,1-4H3,(H2,16,17,20). The zero-order valence-electron chi connectivity index (χ0n) is 12.3. The lowest BCUT2D eigenvalue weighted by atomic mass is 10.2. The number of anilines is 2. The summed E-state index contributed by atoms with van der Waals surface area (Å²) >= 11 is 5.38. The summed E-state index contributed by atoms with van der Waals surface area (Å²) in [5.41, 5.74) is 5.22. The Bertz CT molecular complexity index is 631. The Kier molecular flexibility index (Phi) is 4.39. The summed E-state index contributed by atoms with van der Waals surface area (Å²) in [5.74, 6) is 0. The summed E-state index contributed by atoms with van der Waals surface area (Å²) in [6.45, 7) is 9.01. The minimum Gasteiger partial charge on any atom is -0.332 e. The van der Waals surface area contributed by atoms with E-state index in [4.69, 9.17) is 12.2 Å². The van der Waals surface area contributed by atoms with Crippen molar-refractivity contribution >= 4 is 28.7 Å². The molecule has 2 rings (SSSR count). The van der Waals surface area contributed by atoms with Gasteiger partial charge in [0.2, 0.25) is 0 Å². The first kappa shape index (κ1) is 14.5. The molecule has 2 aromatic rings. The lowest BCUT2D eigenvalue weighted by molar-refractivity contribution is 0.634. The number of hydrogen-bond acceptors (Lipinski definition) is 2. The first-order chi connectivity index (χ1) is 9.52. The minimum atomic E-state index is 0.584. The van der Waals surface area contributed by atoms with Gasteiger partial charge in [0.05, 0.1) is 17.1 Å². The van der Waals surface area contributed by atoms with Crippen LogP contribution >= 0.6 is 12.2 Å². The third-order valence-electron chi connectivity index (χ3n) is 3.31. The molecule has 5 heteroatoms. The number of rotatable bonds is 3. The van der Waals surface area contributed by atoms with Crippen LogP contribution in [0.5, 0.6) is 0 Å². The number of benzene rings is 1. The second kappa shape index (κ2) is 6.05. The fourth-order valence-corrected chi connectivity index (χ4v) is 2.38. The summed E-state index contributed by atoms with van der Waals surface area (Å²) in [4.78, 5) is 0. The van der Waals surface area contributed by atoms with Crippen LogP contribution in [0.4, 0.5) is 11.4 Å². The maximum absolute atomic E-state index is 5.38. The Morgan fingerprint density at radius 3 is 2.50 bits per heavy atom. The van der Waals surface area contributed by atoms with E-state index in [-0.39, 0.29) is 0 Å². The predicted molar refractivity (Wildman–Crippen MR) is 88.4 cm³/mol. The Morgan fingerprint density at radius 2 is 1.90 bits per heavy atom. The molecule has 0 bridgehead atoms. The van der Waals surface area contributed by atoms with E-state index in [2.05, 4.69) is 35.6 Å². The topological polar surface area (TPSA) is 41.9 Å². The van der Waals surface area contributed by atoms with Gasteiger partial charge in [-0.05, 0) is 51.5 Å². The molecule has 0 fully saturated rings. The summed E-state index contributed by atoms with van der Waals surface area (Å²) < 4.78 is 1.97. The van der Waals surface area contributed by atoms with Gasteiger partial charge in [-0.1, -0.05) is 18.2 Å². The molecular formula is C15H20N4S. The van der Waals surface area contributed by atoms with E-state index < -0.39 is 0 Å². The van der Waals surface area contributed by atoms with Crippen molar-refractivity contribution in [2.45, 2.75) is 34.2 Å². The number of aromatic nitrogens is 2. The van der Waals surface area contributed by atoms with Crippen LogP contribution in [-0.4, -0.2) is 14.9 Å². The SMILES string of the molecule is CCn1nc(C)c(NC(=S)Nc2ccccc2C)c1C. The molecule has 0 unspecified atom stereocenters. The average Bonchev–Trinajstić information content (AvgIpc) is 2.69. The maximum atomic E-state index is 5.38. The van der Waals surface area contributed by atoms with Crippen molar-refractivity contribution in [2.24, 2.45) is 0 Å². The summed E-state index contributed by atoms with van der Waals surface area (Å²) in [6.07, 6.45) is 0. The molecule has 0 atom stereocenters. The van der Waals surface area contributed by atoms with Gasteiger partial charge >= 0.3 is 0 Å². The van der Waals surface area contributed by atoms with Crippen LogP contribution in [0, 0.1) is 20.8 Å². The van der Waals surface area contributed by atoms with Gasteiger partial charge in [0.25, 0.3) is 0 Å². The van der Waals surface area contributed by atoms with Crippen molar-refractivity contribution in [1.82, 2.24) is 9.78 Å². The number of nitrogens with one attached hydrogen (secondary N) is 2. The van der Waals surface area contributed by atoms with E-state index in [1.54, 1.807) is 0 Å². The van der Waals surface area contributed by atoms with Crippen molar-refractivity contribution in [1.29, 1.82) is 0 Å². The summed E-state index contributed by atoms with van der Waals surface area (Å²) in [7, 11) is 0. The fraction of sp³-hybridized carbons (Fsp3) is 0.333. The van der Waals surface area contributed by atoms with Gasteiger partial charge < -0.3 is 10.6 Å². The summed E-state index contributed by atoms with van der Waals surface area (Å²) in [6, 6.07) is 8.06. The molecule has 4 nitrogen and oxygen atoms in total. The molecule has 1 aromatic heterocycles. The monoisotopic (exact) mass is 288 g/mol. The highest BCUT2D eigenvalue weighted by molar-refractivity contribution is 7.80. The Balaban J connectivity index is 2.13. The minimum absolute atomic E-state index is 0.584. The molecule has 1 heterocycles. The van der Waals surface area contributed by atoms with Gasteiger partial charge in [-0.2, -0.15) is 5.10 Å². The lowest BCUT2D eigenvalue weighted by Crippen LogP contribution is -2.20. The maximum Gasteiger partial charge on any atom is 0.175 e. The molecule has 2 N–H and O–H groups in total. The molecule has 0 aliphatic rings. The van der Waals surface area contributed by atoms with Crippen LogP contribution in [0.3, 0.4) is 0 Å². The first-order valence-electron chi connectivity index (χ1n) is 6.70. The second-order valence-corrected chi connectivity index (χ2v) is 5.16. The highest BCUT2D eigenvalue weighted by Crippen LogP contribution is 2.20. The van der Waals surface area contributed by atoms with Crippen LogP contribution in [0.15, 0.2) is 24.3 Å². The predicted octanol–water partition coefficient (Wildman–Crippen LogP) is 3.64. The van der Waals surface area contributed by atoms with Crippen LogP contribution in [0.2, 0.25) is 0 Å². The van der Waals surface area contributed by atoms with Crippen LogP contribution in [0.1, 0.15) is 23.9 Å². The molecular weight excluding hydrogens is 268 g/mol. The van der Waals surface area contributed by atoms with Crippen molar-refractivity contribution < 1.29 is 0 Å². The van der Waals surface area contributed by atoms with Crippen molar-refractivity contribution in [2.75, 3.05) is 10.6 Å². The largest absolute Gasteiger partial charge is 0.332 e. The molecule has 106 valence electrons. The normalized spacial score (nSPS) is 10.4. The van der Waals surface area contributed by atoms with E-state index in [0.717, 1.165) is 34.9 Å². The third kappa shape index (κ3) is 2.99. The number of nitrogens with zero attached hydrogens (tertiary/aromatic N) is 2. The van der Waals surface area contributed by atoms with Crippen LogP contribution < -0.4 is 10.6 Å². The van der Waals surface area contributed by atoms with Crippen LogP contribution in [-0.2, 0) is 6.54 Å². The van der Waals surface area contributed by atoms with Crippen LogP contribution in [0.25, 0.3) is 0 Å². The fourth-order valence-electron chi connectivity index (χ4n) is 2.17. The van der Waals surface area contributed by atoms with E-state index in [1.165, 1.54) is 0 Å². The number of thiocarbonyl (C=S) groups is 1. The molecule has 1 aromatic carbocycles. The molecule has 0 aliphatic heterocycles. The molecule has 0 saturated heterocycles. The average molecular weight is 288 g/mol. The quantitative estimate of drug-likeness (QED) is 0.846. The number of para-hydroxylation sites is 1. The Morgan fingerprint density at radius 1 is 1.20 bits per heavy atom. The van der Waals surface area contributed by atoms with Gasteiger partial charge in [0, 0.05) is 12.2 Å². The molecule has 20 heavy (non-hydrogen) atoms. The molecule has 0 spiro atoms. The van der Waals surface area contributed by atoms with Gasteiger partial charge in [-0.3, -0.25) is 4.68 Å². The second-order valence-electron chi connectivity index (χ2n) is 4.76. The number of aryl methyl sites for hydroxylation is 3.